The van der Waals surface area contributed by atoms with E-state index in [1.165, 1.54) is 30.0 Å². The Kier molecular flexibility index (Phi) is 5.96. The van der Waals surface area contributed by atoms with Gasteiger partial charge in [-0.3, -0.25) is 9.59 Å². The number of halogens is 1. The monoisotopic (exact) mass is 283 g/mol. The smallest absolute Gasteiger partial charge is 0.308 e. The first kappa shape index (κ1) is 15.9. The lowest BCUT2D eigenvalue weighted by Crippen LogP contribution is -2.34. The van der Waals surface area contributed by atoms with Gasteiger partial charge in [-0.15, -0.1) is 0 Å². The number of amides is 1. The molecule has 6 heteroatoms. The van der Waals surface area contributed by atoms with E-state index in [0.29, 0.717) is 5.75 Å². The molecule has 0 aliphatic carbocycles. The van der Waals surface area contributed by atoms with Gasteiger partial charge in [0.1, 0.15) is 11.6 Å². The Morgan fingerprint density at radius 2 is 2.15 bits per heavy atom. The van der Waals surface area contributed by atoms with Gasteiger partial charge in [-0.25, -0.2) is 4.39 Å². The van der Waals surface area contributed by atoms with E-state index in [1.54, 1.807) is 13.1 Å². The predicted molar refractivity (Wildman–Crippen MR) is 70.9 cm³/mol. The number of benzene rings is 1. The molecule has 0 aliphatic rings. The Morgan fingerprint density at radius 3 is 2.75 bits per heavy atom. The summed E-state index contributed by atoms with van der Waals surface area (Å²) in [6.07, 6.45) is 0.110. The molecule has 1 atom stereocenters. The minimum Gasteiger partial charge on any atom is -0.493 e. The van der Waals surface area contributed by atoms with Crippen LogP contribution in [0.1, 0.15) is 13.3 Å². The summed E-state index contributed by atoms with van der Waals surface area (Å²) >= 11 is 0. The summed E-state index contributed by atoms with van der Waals surface area (Å²) in [5, 5.41) is 8.77. The van der Waals surface area contributed by atoms with Crippen molar-refractivity contribution in [1.82, 2.24) is 4.90 Å². The third kappa shape index (κ3) is 5.26. The summed E-state index contributed by atoms with van der Waals surface area (Å²) < 4.78 is 18.1. The van der Waals surface area contributed by atoms with Crippen LogP contribution in [0.5, 0.6) is 5.75 Å². The highest BCUT2D eigenvalue weighted by Gasteiger charge is 2.17. The number of ether oxygens (including phenoxy) is 1. The molecule has 1 rings (SSSR count). The molecule has 0 fully saturated rings. The quantitative estimate of drug-likeness (QED) is 0.828. The maximum Gasteiger partial charge on any atom is 0.308 e. The Morgan fingerprint density at radius 1 is 1.45 bits per heavy atom. The molecule has 5 nitrogen and oxygen atoms in total. The molecule has 1 aromatic rings. The molecule has 0 aromatic heterocycles. The van der Waals surface area contributed by atoms with Crippen LogP contribution in [0.25, 0.3) is 0 Å². The fourth-order valence-corrected chi connectivity index (χ4v) is 1.59. The molecule has 0 aliphatic heterocycles. The first-order valence-electron chi connectivity index (χ1n) is 6.25. The molecular formula is C14H18FNO4. The van der Waals surface area contributed by atoms with Crippen molar-refractivity contribution < 1.29 is 23.8 Å². The van der Waals surface area contributed by atoms with Gasteiger partial charge in [-0.1, -0.05) is 13.0 Å². The van der Waals surface area contributed by atoms with Crippen LogP contribution in [0.3, 0.4) is 0 Å². The van der Waals surface area contributed by atoms with E-state index in [4.69, 9.17) is 9.84 Å². The van der Waals surface area contributed by atoms with Crippen LogP contribution in [-0.4, -0.2) is 42.1 Å². The summed E-state index contributed by atoms with van der Waals surface area (Å²) in [5.41, 5.74) is 0. The van der Waals surface area contributed by atoms with Gasteiger partial charge in [0, 0.05) is 19.7 Å². The van der Waals surface area contributed by atoms with Gasteiger partial charge in [0.05, 0.1) is 18.9 Å². The lowest BCUT2D eigenvalue weighted by atomic mass is 10.2. The molecule has 1 unspecified atom stereocenters. The second kappa shape index (κ2) is 7.47. The van der Waals surface area contributed by atoms with Gasteiger partial charge < -0.3 is 14.7 Å². The number of rotatable bonds is 7. The second-order valence-electron chi connectivity index (χ2n) is 4.57. The third-order valence-electron chi connectivity index (χ3n) is 2.78. The summed E-state index contributed by atoms with van der Waals surface area (Å²) in [6.45, 7) is 1.80. The average molecular weight is 283 g/mol. The van der Waals surface area contributed by atoms with Crippen molar-refractivity contribution in [1.29, 1.82) is 0 Å². The van der Waals surface area contributed by atoms with Gasteiger partial charge >= 0.3 is 5.97 Å². The highest BCUT2D eigenvalue weighted by molar-refractivity contribution is 5.77. The zero-order valence-corrected chi connectivity index (χ0v) is 11.5. The van der Waals surface area contributed by atoms with Crippen LogP contribution in [0.15, 0.2) is 24.3 Å². The van der Waals surface area contributed by atoms with Crippen LogP contribution >= 0.6 is 0 Å². The molecule has 0 radical (unpaired) electrons. The predicted octanol–water partition coefficient (Wildman–Crippen LogP) is 1.77. The standard InChI is InChI=1S/C14H18FNO4/c1-10(14(18)19)9-16(2)13(17)6-7-20-12-5-3-4-11(15)8-12/h3-5,8,10H,6-7,9H2,1-2H3,(H,18,19). The van der Waals surface area contributed by atoms with Crippen LogP contribution in [-0.2, 0) is 9.59 Å². The highest BCUT2D eigenvalue weighted by atomic mass is 19.1. The molecule has 0 bridgehead atoms. The van der Waals surface area contributed by atoms with Gasteiger partial charge in [-0.2, -0.15) is 0 Å². The van der Waals surface area contributed by atoms with Crippen molar-refractivity contribution in [3.8, 4) is 5.75 Å². The van der Waals surface area contributed by atoms with Crippen molar-refractivity contribution in [3.05, 3.63) is 30.1 Å². The number of nitrogens with zero attached hydrogens (tertiary/aromatic N) is 1. The Balaban J connectivity index is 2.34. The normalized spacial score (nSPS) is 11.8. The lowest BCUT2D eigenvalue weighted by molar-refractivity contribution is -0.142. The number of hydrogen-bond donors (Lipinski definition) is 1. The Hall–Kier alpha value is -2.11. The number of aliphatic carboxylic acids is 1. The van der Waals surface area contributed by atoms with Crippen molar-refractivity contribution in [2.45, 2.75) is 13.3 Å². The van der Waals surface area contributed by atoms with Crippen molar-refractivity contribution in [2.24, 2.45) is 5.92 Å². The number of carboxylic acid groups (broad SMARTS) is 1. The molecule has 1 aromatic carbocycles. The Bertz CT molecular complexity index is 478. The third-order valence-corrected chi connectivity index (χ3v) is 2.78. The van der Waals surface area contributed by atoms with E-state index in [2.05, 4.69) is 0 Å². The zero-order valence-electron chi connectivity index (χ0n) is 11.5. The molecule has 0 saturated heterocycles. The average Bonchev–Trinajstić information content (AvgIpc) is 2.38. The zero-order chi connectivity index (χ0) is 15.1. The number of carbonyl (C=O) groups is 2. The molecular weight excluding hydrogens is 265 g/mol. The minimum atomic E-state index is -0.944. The van der Waals surface area contributed by atoms with E-state index >= 15 is 0 Å². The fourth-order valence-electron chi connectivity index (χ4n) is 1.59. The number of carbonyl (C=O) groups excluding carboxylic acids is 1. The van der Waals surface area contributed by atoms with E-state index in [-0.39, 0.29) is 25.5 Å². The van der Waals surface area contributed by atoms with Gasteiger partial charge in [0.25, 0.3) is 0 Å². The van der Waals surface area contributed by atoms with E-state index in [0.717, 1.165) is 0 Å². The van der Waals surface area contributed by atoms with E-state index in [9.17, 15) is 14.0 Å². The maximum absolute atomic E-state index is 12.9. The topological polar surface area (TPSA) is 66.8 Å². The highest BCUT2D eigenvalue weighted by Crippen LogP contribution is 2.12. The van der Waals surface area contributed by atoms with Gasteiger partial charge in [0.2, 0.25) is 5.91 Å². The van der Waals surface area contributed by atoms with E-state index < -0.39 is 17.7 Å². The molecule has 0 spiro atoms. The second-order valence-corrected chi connectivity index (χ2v) is 4.57. The van der Waals surface area contributed by atoms with Crippen molar-refractivity contribution >= 4 is 11.9 Å². The van der Waals surface area contributed by atoms with Crippen LogP contribution in [0.2, 0.25) is 0 Å². The van der Waals surface area contributed by atoms with Crippen molar-refractivity contribution in [2.75, 3.05) is 20.2 Å². The number of hydrogen-bond acceptors (Lipinski definition) is 3. The van der Waals surface area contributed by atoms with E-state index in [1.807, 2.05) is 0 Å². The maximum atomic E-state index is 12.9. The molecule has 1 N–H and O–H groups in total. The first-order chi connectivity index (χ1) is 9.40. The molecule has 0 heterocycles. The SMILES string of the molecule is CC(CN(C)C(=O)CCOc1cccc(F)c1)C(=O)O. The summed E-state index contributed by atoms with van der Waals surface area (Å²) in [4.78, 5) is 23.8. The fraction of sp³-hybridized carbons (Fsp3) is 0.429. The molecule has 110 valence electrons. The molecule has 1 amide bonds. The number of carboxylic acids is 1. The van der Waals surface area contributed by atoms with Crippen LogP contribution in [0, 0.1) is 11.7 Å². The summed E-state index contributed by atoms with van der Waals surface area (Å²) in [5.74, 6) is -1.82. The summed E-state index contributed by atoms with van der Waals surface area (Å²) in [7, 11) is 1.55. The first-order valence-corrected chi connectivity index (χ1v) is 6.25. The van der Waals surface area contributed by atoms with Gasteiger partial charge in [0.15, 0.2) is 0 Å². The largest absolute Gasteiger partial charge is 0.493 e. The van der Waals surface area contributed by atoms with Crippen LogP contribution in [0.4, 0.5) is 4.39 Å². The van der Waals surface area contributed by atoms with Crippen molar-refractivity contribution in [3.63, 3.8) is 0 Å². The lowest BCUT2D eigenvalue weighted by Gasteiger charge is -2.19. The minimum absolute atomic E-state index is 0.110. The van der Waals surface area contributed by atoms with Gasteiger partial charge in [-0.05, 0) is 12.1 Å². The Labute approximate surface area is 117 Å². The summed E-state index contributed by atoms with van der Waals surface area (Å²) in [6, 6.07) is 5.66. The van der Waals surface area contributed by atoms with Crippen LogP contribution < -0.4 is 4.74 Å². The molecule has 0 saturated carbocycles. The molecule has 20 heavy (non-hydrogen) atoms.